The Balaban J connectivity index is 2.36. The van der Waals surface area contributed by atoms with E-state index in [1.54, 1.807) is 16.7 Å². The van der Waals surface area contributed by atoms with E-state index in [1.165, 1.54) is 6.07 Å². The van der Waals surface area contributed by atoms with Gasteiger partial charge in [-0.2, -0.15) is 0 Å². The monoisotopic (exact) mass is 319 g/mol. The third-order valence-electron chi connectivity index (χ3n) is 3.06. The molecule has 0 spiro atoms. The van der Waals surface area contributed by atoms with Crippen molar-refractivity contribution < 1.29 is 4.39 Å². The molecule has 0 unspecified atom stereocenters. The Hall–Kier alpha value is -1.88. The molecule has 19 heavy (non-hydrogen) atoms. The van der Waals surface area contributed by atoms with Crippen LogP contribution >= 0.6 is 15.9 Å². The predicted octanol–water partition coefficient (Wildman–Crippen LogP) is 3.82. The highest BCUT2D eigenvalue weighted by atomic mass is 79.9. The Morgan fingerprint density at radius 3 is 2.79 bits per heavy atom. The molecule has 0 atom stereocenters. The standard InChI is InChI=1S/C14H11BrFN3/c1-8-3-2-4-12-13(8)18-14(17)19(12)11-6-5-9(15)7-10(11)16/h2-7H,1H3,(H2,17,18). The lowest BCUT2D eigenvalue weighted by atomic mass is 10.2. The third-order valence-corrected chi connectivity index (χ3v) is 3.56. The average Bonchev–Trinajstić information content (AvgIpc) is 2.68. The number of para-hydroxylation sites is 1. The SMILES string of the molecule is Cc1cccc2c1nc(N)n2-c1ccc(Br)cc1F. The van der Waals surface area contributed by atoms with E-state index in [0.717, 1.165) is 16.6 Å². The highest BCUT2D eigenvalue weighted by Gasteiger charge is 2.14. The molecule has 3 nitrogen and oxygen atoms in total. The van der Waals surface area contributed by atoms with Crippen LogP contribution in [0.15, 0.2) is 40.9 Å². The van der Waals surface area contributed by atoms with Gasteiger partial charge >= 0.3 is 0 Å². The number of imidazole rings is 1. The van der Waals surface area contributed by atoms with Crippen LogP contribution < -0.4 is 5.73 Å². The number of hydrogen-bond acceptors (Lipinski definition) is 2. The molecule has 0 saturated heterocycles. The first kappa shape index (κ1) is 12.2. The molecule has 0 aliphatic heterocycles. The summed E-state index contributed by atoms with van der Waals surface area (Å²) in [4.78, 5) is 4.31. The number of halogens is 2. The van der Waals surface area contributed by atoms with E-state index in [2.05, 4.69) is 20.9 Å². The molecule has 0 bridgehead atoms. The number of hydrogen-bond donors (Lipinski definition) is 1. The minimum atomic E-state index is -0.345. The summed E-state index contributed by atoms with van der Waals surface area (Å²) in [6.07, 6.45) is 0. The lowest BCUT2D eigenvalue weighted by Crippen LogP contribution is -2.02. The number of nitrogens with zero attached hydrogens (tertiary/aromatic N) is 2. The van der Waals surface area contributed by atoms with E-state index >= 15 is 0 Å². The van der Waals surface area contributed by atoms with Gasteiger partial charge in [0, 0.05) is 4.47 Å². The van der Waals surface area contributed by atoms with Crippen LogP contribution in [0.25, 0.3) is 16.7 Å². The van der Waals surface area contributed by atoms with Crippen molar-refractivity contribution >= 4 is 32.9 Å². The zero-order valence-corrected chi connectivity index (χ0v) is 11.8. The number of rotatable bonds is 1. The molecule has 0 aliphatic rings. The zero-order chi connectivity index (χ0) is 13.6. The largest absolute Gasteiger partial charge is 0.369 e. The number of aryl methyl sites for hydroxylation is 1. The topological polar surface area (TPSA) is 43.8 Å². The first-order valence-corrected chi connectivity index (χ1v) is 6.56. The quantitative estimate of drug-likeness (QED) is 0.741. The Kier molecular flexibility index (Phi) is 2.78. The summed E-state index contributed by atoms with van der Waals surface area (Å²) in [5, 5.41) is 0. The molecular weight excluding hydrogens is 309 g/mol. The zero-order valence-electron chi connectivity index (χ0n) is 10.2. The van der Waals surface area contributed by atoms with E-state index in [0.29, 0.717) is 10.2 Å². The van der Waals surface area contributed by atoms with Gasteiger partial charge in [0.05, 0.1) is 16.7 Å². The van der Waals surface area contributed by atoms with E-state index in [1.807, 2.05) is 25.1 Å². The molecule has 96 valence electrons. The normalized spacial score (nSPS) is 11.1. The smallest absolute Gasteiger partial charge is 0.206 e. The molecule has 1 aromatic heterocycles. The van der Waals surface area contributed by atoms with E-state index in [9.17, 15) is 4.39 Å². The van der Waals surface area contributed by atoms with Gasteiger partial charge in [-0.05, 0) is 36.8 Å². The predicted molar refractivity (Wildman–Crippen MR) is 77.9 cm³/mol. The van der Waals surface area contributed by atoms with E-state index in [-0.39, 0.29) is 11.8 Å². The lowest BCUT2D eigenvalue weighted by Gasteiger charge is -2.08. The average molecular weight is 320 g/mol. The summed E-state index contributed by atoms with van der Waals surface area (Å²) in [6, 6.07) is 10.6. The molecule has 0 saturated carbocycles. The third kappa shape index (κ3) is 1.90. The molecule has 3 aromatic rings. The fourth-order valence-electron chi connectivity index (χ4n) is 2.17. The summed E-state index contributed by atoms with van der Waals surface area (Å²) >= 11 is 3.24. The van der Waals surface area contributed by atoms with Crippen molar-refractivity contribution in [2.45, 2.75) is 6.92 Å². The van der Waals surface area contributed by atoms with Crippen molar-refractivity contribution in [1.29, 1.82) is 0 Å². The number of nitrogens with two attached hydrogens (primary N) is 1. The minimum absolute atomic E-state index is 0.283. The Labute approximate surface area is 118 Å². The molecule has 2 aromatic carbocycles. The molecule has 0 radical (unpaired) electrons. The van der Waals surface area contributed by atoms with Crippen molar-refractivity contribution in [2.24, 2.45) is 0 Å². The van der Waals surface area contributed by atoms with Gasteiger partial charge in [0.15, 0.2) is 0 Å². The van der Waals surface area contributed by atoms with E-state index in [4.69, 9.17) is 5.73 Å². The maximum atomic E-state index is 14.1. The Morgan fingerprint density at radius 1 is 1.26 bits per heavy atom. The van der Waals surface area contributed by atoms with Gasteiger partial charge in [0.2, 0.25) is 5.95 Å². The van der Waals surface area contributed by atoms with Crippen LogP contribution in [0.4, 0.5) is 10.3 Å². The summed E-state index contributed by atoms with van der Waals surface area (Å²) < 4.78 is 16.4. The van der Waals surface area contributed by atoms with Crippen LogP contribution in [-0.2, 0) is 0 Å². The minimum Gasteiger partial charge on any atom is -0.369 e. The maximum absolute atomic E-state index is 14.1. The second kappa shape index (κ2) is 4.35. The number of nitrogen functional groups attached to an aromatic ring is 1. The highest BCUT2D eigenvalue weighted by molar-refractivity contribution is 9.10. The maximum Gasteiger partial charge on any atom is 0.206 e. The molecule has 0 aliphatic carbocycles. The number of aromatic nitrogens is 2. The highest BCUT2D eigenvalue weighted by Crippen LogP contribution is 2.27. The number of anilines is 1. The molecule has 5 heteroatoms. The molecule has 2 N–H and O–H groups in total. The van der Waals surface area contributed by atoms with Crippen molar-refractivity contribution in [3.8, 4) is 5.69 Å². The van der Waals surface area contributed by atoms with Gasteiger partial charge < -0.3 is 5.73 Å². The Bertz CT molecular complexity index is 780. The second-order valence-corrected chi connectivity index (χ2v) is 5.26. The Morgan fingerprint density at radius 2 is 2.05 bits per heavy atom. The van der Waals surface area contributed by atoms with Gasteiger partial charge in [-0.25, -0.2) is 9.37 Å². The summed E-state index contributed by atoms with van der Waals surface area (Å²) in [6.45, 7) is 1.96. The van der Waals surface area contributed by atoms with Crippen LogP contribution in [-0.4, -0.2) is 9.55 Å². The van der Waals surface area contributed by atoms with Gasteiger partial charge in [-0.3, -0.25) is 4.57 Å². The molecule has 3 rings (SSSR count). The van der Waals surface area contributed by atoms with Crippen molar-refractivity contribution in [2.75, 3.05) is 5.73 Å². The van der Waals surface area contributed by atoms with Crippen molar-refractivity contribution in [3.05, 3.63) is 52.3 Å². The molecule has 0 amide bonds. The van der Waals surface area contributed by atoms with Crippen LogP contribution in [0.2, 0.25) is 0 Å². The summed E-state index contributed by atoms with van der Waals surface area (Å²) in [5.74, 6) is -0.0626. The van der Waals surface area contributed by atoms with Crippen LogP contribution in [0.1, 0.15) is 5.56 Å². The van der Waals surface area contributed by atoms with Gasteiger partial charge in [-0.1, -0.05) is 28.1 Å². The van der Waals surface area contributed by atoms with E-state index < -0.39 is 0 Å². The van der Waals surface area contributed by atoms with Crippen LogP contribution in [0.3, 0.4) is 0 Å². The molecular formula is C14H11BrFN3. The van der Waals surface area contributed by atoms with Crippen molar-refractivity contribution in [1.82, 2.24) is 9.55 Å². The fraction of sp³-hybridized carbons (Fsp3) is 0.0714. The summed E-state index contributed by atoms with van der Waals surface area (Å²) in [5.41, 5.74) is 8.94. The van der Waals surface area contributed by atoms with Gasteiger partial charge in [0.25, 0.3) is 0 Å². The van der Waals surface area contributed by atoms with Crippen molar-refractivity contribution in [3.63, 3.8) is 0 Å². The number of fused-ring (bicyclic) bond motifs is 1. The van der Waals surface area contributed by atoms with Gasteiger partial charge in [-0.15, -0.1) is 0 Å². The van der Waals surface area contributed by atoms with Crippen LogP contribution in [0.5, 0.6) is 0 Å². The first-order chi connectivity index (χ1) is 9.08. The second-order valence-electron chi connectivity index (χ2n) is 4.34. The number of benzene rings is 2. The first-order valence-electron chi connectivity index (χ1n) is 5.77. The van der Waals surface area contributed by atoms with Gasteiger partial charge in [0.1, 0.15) is 5.82 Å². The fourth-order valence-corrected chi connectivity index (χ4v) is 2.51. The molecule has 1 heterocycles. The molecule has 0 fully saturated rings. The summed E-state index contributed by atoms with van der Waals surface area (Å²) in [7, 11) is 0. The van der Waals surface area contributed by atoms with Crippen LogP contribution in [0, 0.1) is 12.7 Å². The lowest BCUT2D eigenvalue weighted by molar-refractivity contribution is 0.619.